The lowest BCUT2D eigenvalue weighted by Gasteiger charge is -2.22. The van der Waals surface area contributed by atoms with Gasteiger partial charge in [-0.2, -0.15) is 0 Å². The van der Waals surface area contributed by atoms with Crippen LogP contribution in [0.25, 0.3) is 0 Å². The van der Waals surface area contributed by atoms with Gasteiger partial charge in [-0.25, -0.2) is 0 Å². The minimum Gasteiger partial charge on any atom is -0.495 e. The summed E-state index contributed by atoms with van der Waals surface area (Å²) in [5, 5.41) is 7.64. The van der Waals surface area contributed by atoms with E-state index < -0.39 is 0 Å². The Bertz CT molecular complexity index is 593. The number of ether oxygens (including phenoxy) is 1. The minimum absolute atomic E-state index is 0.352. The van der Waals surface area contributed by atoms with Gasteiger partial charge >= 0.3 is 0 Å². The molecule has 146 valence electrons. The van der Waals surface area contributed by atoms with Gasteiger partial charge in [0.2, 0.25) is 0 Å². The highest BCUT2D eigenvalue weighted by Gasteiger charge is 2.25. The maximum absolute atomic E-state index is 6.18. The summed E-state index contributed by atoms with van der Waals surface area (Å²) in [7, 11) is 5.87. The van der Waals surface area contributed by atoms with Gasteiger partial charge in [-0.1, -0.05) is 11.6 Å². The van der Waals surface area contributed by atoms with Crippen molar-refractivity contribution >= 4 is 23.2 Å². The second-order valence-corrected chi connectivity index (χ2v) is 7.25. The first-order chi connectivity index (χ1) is 12.5. The van der Waals surface area contributed by atoms with Crippen LogP contribution in [0.3, 0.4) is 0 Å². The third kappa shape index (κ3) is 6.25. The molecule has 0 bridgehead atoms. The minimum atomic E-state index is 0.352. The number of aliphatic imine (C=N–C) groups is 1. The Morgan fingerprint density at radius 1 is 1.42 bits per heavy atom. The summed E-state index contributed by atoms with van der Waals surface area (Å²) in [6, 6.07) is 6.11. The number of nitrogens with one attached hydrogen (secondary N) is 2. The third-order valence-electron chi connectivity index (χ3n) is 4.39. The van der Waals surface area contributed by atoms with Gasteiger partial charge in [-0.15, -0.1) is 0 Å². The molecule has 26 heavy (non-hydrogen) atoms. The molecule has 2 rings (SSSR count). The molecular formula is C19H32ClN5O. The van der Waals surface area contributed by atoms with Crippen molar-refractivity contribution in [3.8, 4) is 5.75 Å². The zero-order valence-electron chi connectivity index (χ0n) is 16.4. The Kier molecular flexibility index (Phi) is 8.32. The van der Waals surface area contributed by atoms with E-state index in [4.69, 9.17) is 21.3 Å². The van der Waals surface area contributed by atoms with E-state index in [0.29, 0.717) is 6.04 Å². The highest BCUT2D eigenvalue weighted by Crippen LogP contribution is 2.33. The third-order valence-corrected chi connectivity index (χ3v) is 4.62. The van der Waals surface area contributed by atoms with Crippen LogP contribution in [0, 0.1) is 0 Å². The van der Waals surface area contributed by atoms with E-state index in [2.05, 4.69) is 41.5 Å². The summed E-state index contributed by atoms with van der Waals surface area (Å²) in [6.07, 6.45) is 2.11. The van der Waals surface area contributed by atoms with Gasteiger partial charge in [0, 0.05) is 37.2 Å². The van der Waals surface area contributed by atoms with Gasteiger partial charge in [0.15, 0.2) is 5.96 Å². The number of guanidine groups is 1. The largest absolute Gasteiger partial charge is 0.495 e. The van der Waals surface area contributed by atoms with E-state index in [1.165, 1.54) is 0 Å². The number of hydrogen-bond acceptors (Lipinski definition) is 4. The normalized spacial score (nSPS) is 17.7. The van der Waals surface area contributed by atoms with Crippen LogP contribution in [-0.4, -0.2) is 70.8 Å². The van der Waals surface area contributed by atoms with Crippen LogP contribution in [0.4, 0.5) is 5.69 Å². The molecule has 6 nitrogen and oxygen atoms in total. The summed E-state index contributed by atoms with van der Waals surface area (Å²) < 4.78 is 5.49. The molecule has 1 fully saturated rings. The van der Waals surface area contributed by atoms with Gasteiger partial charge in [0.05, 0.1) is 12.8 Å². The Labute approximate surface area is 162 Å². The SMILES string of the molecule is CCNC(=NCCCN(C)C)NC1CCN(c2cc(Cl)ccc2OC)C1. The van der Waals surface area contributed by atoms with Crippen LogP contribution in [0.15, 0.2) is 23.2 Å². The van der Waals surface area contributed by atoms with Gasteiger partial charge in [0.25, 0.3) is 0 Å². The molecule has 1 aromatic rings. The van der Waals surface area contributed by atoms with Gasteiger partial charge in [-0.05, 0) is 58.6 Å². The lowest BCUT2D eigenvalue weighted by atomic mass is 10.2. The fourth-order valence-corrected chi connectivity index (χ4v) is 3.26. The van der Waals surface area contributed by atoms with Crippen molar-refractivity contribution in [2.24, 2.45) is 4.99 Å². The molecule has 7 heteroatoms. The summed E-state index contributed by atoms with van der Waals surface area (Å²) in [5.41, 5.74) is 1.05. The molecule has 1 aliphatic heterocycles. The van der Waals surface area contributed by atoms with Crippen molar-refractivity contribution in [3.05, 3.63) is 23.2 Å². The molecule has 1 atom stereocenters. The number of nitrogens with zero attached hydrogens (tertiary/aromatic N) is 3. The van der Waals surface area contributed by atoms with Crippen molar-refractivity contribution in [2.75, 3.05) is 58.8 Å². The quantitative estimate of drug-likeness (QED) is 0.411. The zero-order valence-corrected chi connectivity index (χ0v) is 17.1. The maximum atomic E-state index is 6.18. The topological polar surface area (TPSA) is 52.1 Å². The summed E-state index contributed by atoms with van der Waals surface area (Å²) >= 11 is 6.18. The number of benzene rings is 1. The average molecular weight is 382 g/mol. The Hall–Kier alpha value is -1.66. The Balaban J connectivity index is 1.94. The Morgan fingerprint density at radius 2 is 2.23 bits per heavy atom. The fraction of sp³-hybridized carbons (Fsp3) is 0.632. The van der Waals surface area contributed by atoms with Crippen molar-refractivity contribution in [2.45, 2.75) is 25.8 Å². The number of halogens is 1. The van der Waals surface area contributed by atoms with Crippen LogP contribution in [0.1, 0.15) is 19.8 Å². The molecule has 1 heterocycles. The lowest BCUT2D eigenvalue weighted by Crippen LogP contribution is -2.44. The highest BCUT2D eigenvalue weighted by molar-refractivity contribution is 6.30. The van der Waals surface area contributed by atoms with Crippen molar-refractivity contribution < 1.29 is 4.74 Å². The molecule has 0 aromatic heterocycles. The monoisotopic (exact) mass is 381 g/mol. The van der Waals surface area contributed by atoms with Gasteiger partial charge in [0.1, 0.15) is 5.75 Å². The van der Waals surface area contributed by atoms with E-state index in [1.807, 2.05) is 18.2 Å². The zero-order chi connectivity index (χ0) is 18.9. The summed E-state index contributed by atoms with van der Waals surface area (Å²) in [6.45, 7) is 6.70. The molecule has 0 amide bonds. The number of hydrogen-bond donors (Lipinski definition) is 2. The smallest absolute Gasteiger partial charge is 0.191 e. The van der Waals surface area contributed by atoms with Crippen molar-refractivity contribution in [3.63, 3.8) is 0 Å². The first-order valence-corrected chi connectivity index (χ1v) is 9.69. The number of methoxy groups -OCH3 is 1. The molecule has 1 saturated heterocycles. The summed E-state index contributed by atoms with van der Waals surface area (Å²) in [4.78, 5) is 9.20. The molecule has 1 aromatic carbocycles. The van der Waals surface area contributed by atoms with Crippen molar-refractivity contribution in [1.82, 2.24) is 15.5 Å². The van der Waals surface area contributed by atoms with E-state index in [9.17, 15) is 0 Å². The molecule has 0 aliphatic carbocycles. The van der Waals surface area contributed by atoms with Gasteiger partial charge < -0.3 is 25.2 Å². The lowest BCUT2D eigenvalue weighted by molar-refractivity contribution is 0.403. The predicted molar refractivity (Wildman–Crippen MR) is 111 cm³/mol. The highest BCUT2D eigenvalue weighted by atomic mass is 35.5. The predicted octanol–water partition coefficient (Wildman–Crippen LogP) is 2.43. The molecule has 1 unspecified atom stereocenters. The van der Waals surface area contributed by atoms with E-state index in [0.717, 1.165) is 68.0 Å². The fourth-order valence-electron chi connectivity index (χ4n) is 3.10. The molecule has 0 radical (unpaired) electrons. The molecular weight excluding hydrogens is 350 g/mol. The average Bonchev–Trinajstić information content (AvgIpc) is 3.07. The Morgan fingerprint density at radius 3 is 2.92 bits per heavy atom. The van der Waals surface area contributed by atoms with E-state index in [1.54, 1.807) is 7.11 Å². The molecule has 0 spiro atoms. The number of rotatable bonds is 8. The number of anilines is 1. The molecule has 2 N–H and O–H groups in total. The van der Waals surface area contributed by atoms with Crippen LogP contribution < -0.4 is 20.3 Å². The molecule has 1 aliphatic rings. The van der Waals surface area contributed by atoms with Crippen LogP contribution in [0.2, 0.25) is 5.02 Å². The maximum Gasteiger partial charge on any atom is 0.191 e. The first kappa shape index (κ1) is 20.6. The van der Waals surface area contributed by atoms with Crippen LogP contribution in [-0.2, 0) is 0 Å². The standard InChI is InChI=1S/C19H32ClN5O/c1-5-21-19(22-10-6-11-24(2)3)23-16-9-12-25(14-16)17-13-15(20)7-8-18(17)26-4/h7-8,13,16H,5-6,9-12,14H2,1-4H3,(H2,21,22,23). The summed E-state index contributed by atoms with van der Waals surface area (Å²) in [5.74, 6) is 1.76. The first-order valence-electron chi connectivity index (χ1n) is 9.31. The van der Waals surface area contributed by atoms with Gasteiger partial charge in [-0.3, -0.25) is 4.99 Å². The second-order valence-electron chi connectivity index (χ2n) is 6.81. The van der Waals surface area contributed by atoms with Crippen LogP contribution in [0.5, 0.6) is 5.75 Å². The van der Waals surface area contributed by atoms with E-state index in [-0.39, 0.29) is 0 Å². The van der Waals surface area contributed by atoms with Crippen molar-refractivity contribution in [1.29, 1.82) is 0 Å². The van der Waals surface area contributed by atoms with E-state index >= 15 is 0 Å². The second kappa shape index (κ2) is 10.5. The molecule has 0 saturated carbocycles. The van der Waals surface area contributed by atoms with Crippen LogP contribution >= 0.6 is 11.6 Å².